The Morgan fingerprint density at radius 1 is 1.28 bits per heavy atom. The number of benzene rings is 1. The summed E-state index contributed by atoms with van der Waals surface area (Å²) in [7, 11) is 0. The number of hydrogen-bond acceptors (Lipinski definition) is 2. The van der Waals surface area contributed by atoms with Crippen LogP contribution in [-0.2, 0) is 11.3 Å². The fraction of sp³-hybridized carbons (Fsp3) is 0.562. The molecule has 1 atom stereocenters. The second-order valence-electron chi connectivity index (χ2n) is 5.35. The van der Waals surface area contributed by atoms with Crippen LogP contribution in [-0.4, -0.2) is 23.3 Å². The lowest BCUT2D eigenvalue weighted by Crippen LogP contribution is -2.39. The first kappa shape index (κ1) is 13.3. The predicted octanol–water partition coefficient (Wildman–Crippen LogP) is 3.41. The van der Waals surface area contributed by atoms with E-state index in [9.17, 15) is 4.79 Å². The Bertz CT molecular complexity index is 374. The largest absolute Gasteiger partial charge is 0.300 e. The van der Waals surface area contributed by atoms with E-state index in [4.69, 9.17) is 0 Å². The molecule has 2 heteroatoms. The number of nitrogens with zero attached hydrogens (tertiary/aromatic N) is 1. The number of ketones is 1. The van der Waals surface area contributed by atoms with E-state index in [-0.39, 0.29) is 0 Å². The van der Waals surface area contributed by atoms with E-state index < -0.39 is 0 Å². The normalized spacial score (nSPS) is 20.8. The third-order valence-electron chi connectivity index (χ3n) is 3.81. The average molecular weight is 245 g/mol. The van der Waals surface area contributed by atoms with Gasteiger partial charge in [0.05, 0.1) is 0 Å². The fourth-order valence-corrected chi connectivity index (χ4v) is 2.78. The SMILES string of the molecule is CC(=O)CCC1CCCCN1Cc1ccccc1. The van der Waals surface area contributed by atoms with Crippen LogP contribution in [0.25, 0.3) is 0 Å². The maximum absolute atomic E-state index is 11.1. The van der Waals surface area contributed by atoms with Crippen molar-refractivity contribution >= 4 is 5.78 Å². The maximum Gasteiger partial charge on any atom is 0.129 e. The Kier molecular flexibility index (Phi) is 4.94. The molecule has 18 heavy (non-hydrogen) atoms. The lowest BCUT2D eigenvalue weighted by molar-refractivity contribution is -0.117. The molecular formula is C16H23NO. The molecule has 0 amide bonds. The van der Waals surface area contributed by atoms with Crippen LogP contribution >= 0.6 is 0 Å². The summed E-state index contributed by atoms with van der Waals surface area (Å²) in [6.45, 7) is 3.91. The van der Waals surface area contributed by atoms with Gasteiger partial charge in [-0.2, -0.15) is 0 Å². The average Bonchev–Trinajstić information content (AvgIpc) is 2.39. The van der Waals surface area contributed by atoms with Gasteiger partial charge >= 0.3 is 0 Å². The highest BCUT2D eigenvalue weighted by atomic mass is 16.1. The van der Waals surface area contributed by atoms with Crippen LogP contribution < -0.4 is 0 Å². The summed E-state index contributed by atoms with van der Waals surface area (Å²) in [6, 6.07) is 11.2. The first-order valence-electron chi connectivity index (χ1n) is 7.03. The summed E-state index contributed by atoms with van der Waals surface area (Å²) >= 11 is 0. The van der Waals surface area contributed by atoms with Crippen LogP contribution in [0.3, 0.4) is 0 Å². The van der Waals surface area contributed by atoms with Crippen molar-refractivity contribution in [3.8, 4) is 0 Å². The molecule has 1 fully saturated rings. The van der Waals surface area contributed by atoms with E-state index in [0.29, 0.717) is 11.8 Å². The number of hydrogen-bond donors (Lipinski definition) is 0. The summed E-state index contributed by atoms with van der Waals surface area (Å²) < 4.78 is 0. The van der Waals surface area contributed by atoms with E-state index in [0.717, 1.165) is 19.4 Å². The van der Waals surface area contributed by atoms with Crippen LogP contribution in [0, 0.1) is 0 Å². The van der Waals surface area contributed by atoms with Gasteiger partial charge in [0.1, 0.15) is 5.78 Å². The molecule has 98 valence electrons. The Morgan fingerprint density at radius 2 is 2.06 bits per heavy atom. The summed E-state index contributed by atoms with van der Waals surface area (Å²) in [5.41, 5.74) is 1.38. The first-order valence-corrected chi connectivity index (χ1v) is 7.03. The van der Waals surface area contributed by atoms with Crippen LogP contribution in [0.1, 0.15) is 44.6 Å². The molecule has 0 bridgehead atoms. The monoisotopic (exact) mass is 245 g/mol. The minimum absolute atomic E-state index is 0.320. The first-order chi connectivity index (χ1) is 8.75. The predicted molar refractivity (Wildman–Crippen MR) is 74.4 cm³/mol. The van der Waals surface area contributed by atoms with Gasteiger partial charge in [0.25, 0.3) is 0 Å². The van der Waals surface area contributed by atoms with Gasteiger partial charge in [-0.1, -0.05) is 36.8 Å². The summed E-state index contributed by atoms with van der Waals surface area (Å²) in [4.78, 5) is 13.7. The quantitative estimate of drug-likeness (QED) is 0.792. The molecule has 0 N–H and O–H groups in total. The van der Waals surface area contributed by atoms with Crippen molar-refractivity contribution in [2.45, 2.75) is 51.6 Å². The Morgan fingerprint density at radius 3 is 2.78 bits per heavy atom. The molecule has 0 aliphatic carbocycles. The molecule has 1 aromatic carbocycles. The van der Waals surface area contributed by atoms with E-state index in [1.165, 1.54) is 31.4 Å². The summed E-state index contributed by atoms with van der Waals surface area (Å²) in [5.74, 6) is 0.320. The van der Waals surface area contributed by atoms with Crippen LogP contribution in [0.5, 0.6) is 0 Å². The minimum Gasteiger partial charge on any atom is -0.300 e. The van der Waals surface area contributed by atoms with E-state index in [1.54, 1.807) is 6.92 Å². The minimum atomic E-state index is 0.320. The van der Waals surface area contributed by atoms with Gasteiger partial charge in [0, 0.05) is 19.0 Å². The highest BCUT2D eigenvalue weighted by Crippen LogP contribution is 2.23. The van der Waals surface area contributed by atoms with Crippen molar-refractivity contribution in [2.75, 3.05) is 6.54 Å². The molecule has 0 spiro atoms. The third-order valence-corrected chi connectivity index (χ3v) is 3.81. The van der Waals surface area contributed by atoms with E-state index in [1.807, 2.05) is 0 Å². The number of piperidine rings is 1. The van der Waals surface area contributed by atoms with Crippen molar-refractivity contribution in [3.63, 3.8) is 0 Å². The van der Waals surface area contributed by atoms with Crippen molar-refractivity contribution in [2.24, 2.45) is 0 Å². The number of likely N-dealkylation sites (tertiary alicyclic amines) is 1. The Hall–Kier alpha value is -1.15. The molecule has 2 rings (SSSR count). The molecule has 2 nitrogen and oxygen atoms in total. The number of rotatable bonds is 5. The zero-order valence-electron chi connectivity index (χ0n) is 11.3. The van der Waals surface area contributed by atoms with Gasteiger partial charge in [0.15, 0.2) is 0 Å². The van der Waals surface area contributed by atoms with Crippen LogP contribution in [0.2, 0.25) is 0 Å². The molecule has 1 aliphatic rings. The number of carbonyl (C=O) groups excluding carboxylic acids is 1. The molecule has 0 radical (unpaired) electrons. The Labute approximate surface area is 110 Å². The highest BCUT2D eigenvalue weighted by Gasteiger charge is 2.22. The van der Waals surface area contributed by atoms with Gasteiger partial charge in [-0.15, -0.1) is 0 Å². The number of Topliss-reactive ketones (excluding diaryl/α,β-unsaturated/α-hetero) is 1. The fourth-order valence-electron chi connectivity index (χ4n) is 2.78. The molecule has 1 aromatic rings. The van der Waals surface area contributed by atoms with E-state index >= 15 is 0 Å². The molecule has 1 saturated heterocycles. The lowest BCUT2D eigenvalue weighted by Gasteiger charge is -2.35. The lowest BCUT2D eigenvalue weighted by atomic mass is 9.96. The van der Waals surface area contributed by atoms with Crippen molar-refractivity contribution in [3.05, 3.63) is 35.9 Å². The Balaban J connectivity index is 1.93. The highest BCUT2D eigenvalue weighted by molar-refractivity contribution is 5.75. The van der Waals surface area contributed by atoms with Crippen LogP contribution in [0.15, 0.2) is 30.3 Å². The molecule has 1 aliphatic heterocycles. The summed E-state index contributed by atoms with van der Waals surface area (Å²) in [5, 5.41) is 0. The van der Waals surface area contributed by atoms with Gasteiger partial charge in [-0.25, -0.2) is 0 Å². The molecule has 1 heterocycles. The second kappa shape index (κ2) is 6.69. The molecule has 1 unspecified atom stereocenters. The second-order valence-corrected chi connectivity index (χ2v) is 5.35. The molecule has 0 aromatic heterocycles. The van der Waals surface area contributed by atoms with Crippen molar-refractivity contribution in [1.29, 1.82) is 0 Å². The van der Waals surface area contributed by atoms with Gasteiger partial charge in [-0.05, 0) is 38.3 Å². The zero-order chi connectivity index (χ0) is 12.8. The van der Waals surface area contributed by atoms with Crippen molar-refractivity contribution < 1.29 is 4.79 Å². The van der Waals surface area contributed by atoms with Gasteiger partial charge in [-0.3, -0.25) is 4.90 Å². The summed E-state index contributed by atoms with van der Waals surface area (Å²) in [6.07, 6.45) is 5.62. The maximum atomic E-state index is 11.1. The third kappa shape index (κ3) is 3.95. The zero-order valence-corrected chi connectivity index (χ0v) is 11.3. The molecule has 0 saturated carbocycles. The van der Waals surface area contributed by atoms with Crippen molar-refractivity contribution in [1.82, 2.24) is 4.90 Å². The smallest absolute Gasteiger partial charge is 0.129 e. The topological polar surface area (TPSA) is 20.3 Å². The standard InChI is InChI=1S/C16H23NO/c1-14(18)10-11-16-9-5-6-12-17(16)13-15-7-3-2-4-8-15/h2-4,7-8,16H,5-6,9-13H2,1H3. The van der Waals surface area contributed by atoms with Crippen LogP contribution in [0.4, 0.5) is 0 Å². The van der Waals surface area contributed by atoms with E-state index in [2.05, 4.69) is 35.2 Å². The van der Waals surface area contributed by atoms with Gasteiger partial charge < -0.3 is 4.79 Å². The van der Waals surface area contributed by atoms with Gasteiger partial charge in [0.2, 0.25) is 0 Å². The molecular weight excluding hydrogens is 222 g/mol. The number of carbonyl (C=O) groups is 1.